The molecule has 0 aliphatic heterocycles. The van der Waals surface area contributed by atoms with Crippen LogP contribution in [0.4, 0.5) is 0 Å². The van der Waals surface area contributed by atoms with Gasteiger partial charge in [0.2, 0.25) is 0 Å². The van der Waals surface area contributed by atoms with Gasteiger partial charge in [0.25, 0.3) is 0 Å². The number of pyridine rings is 2. The highest BCUT2D eigenvalue weighted by Gasteiger charge is 2.18. The molecule has 0 bridgehead atoms. The SMILES string of the molecule is NNC(c1ncccc1Cl)c1cccc2cnccc12. The summed E-state index contributed by atoms with van der Waals surface area (Å²) >= 11 is 6.23. The normalized spacial score (nSPS) is 12.5. The molecule has 5 heteroatoms. The van der Waals surface area contributed by atoms with E-state index in [0.717, 1.165) is 16.3 Å². The van der Waals surface area contributed by atoms with Gasteiger partial charge in [-0.25, -0.2) is 5.43 Å². The number of nitrogens with two attached hydrogens (primary N) is 1. The smallest absolute Gasteiger partial charge is 0.0902 e. The molecule has 20 heavy (non-hydrogen) atoms. The standard InChI is InChI=1S/C15H13ClN4/c16-13-5-2-7-19-15(13)14(20-17)12-4-1-3-10-9-18-8-6-11(10)12/h1-9,14,20H,17H2. The van der Waals surface area contributed by atoms with Gasteiger partial charge in [0.15, 0.2) is 0 Å². The summed E-state index contributed by atoms with van der Waals surface area (Å²) in [5.74, 6) is 5.73. The van der Waals surface area contributed by atoms with Crippen LogP contribution in [0.2, 0.25) is 5.02 Å². The van der Waals surface area contributed by atoms with Crippen LogP contribution >= 0.6 is 11.6 Å². The van der Waals surface area contributed by atoms with E-state index in [0.29, 0.717) is 10.7 Å². The van der Waals surface area contributed by atoms with Crippen LogP contribution in [0.1, 0.15) is 17.3 Å². The van der Waals surface area contributed by atoms with Crippen LogP contribution in [-0.4, -0.2) is 9.97 Å². The van der Waals surface area contributed by atoms with Crippen molar-refractivity contribution in [3.8, 4) is 0 Å². The summed E-state index contributed by atoms with van der Waals surface area (Å²) in [6.07, 6.45) is 5.30. The summed E-state index contributed by atoms with van der Waals surface area (Å²) in [5.41, 5.74) is 4.53. The molecule has 4 nitrogen and oxygen atoms in total. The molecule has 0 radical (unpaired) electrons. The highest BCUT2D eigenvalue weighted by Crippen LogP contribution is 2.30. The Hall–Kier alpha value is -2.01. The number of nitrogens with zero attached hydrogens (tertiary/aromatic N) is 2. The first-order chi connectivity index (χ1) is 9.81. The molecule has 0 fully saturated rings. The first-order valence-corrected chi connectivity index (χ1v) is 6.58. The van der Waals surface area contributed by atoms with Crippen molar-refractivity contribution in [1.29, 1.82) is 0 Å². The quantitative estimate of drug-likeness (QED) is 0.573. The minimum absolute atomic E-state index is 0.269. The monoisotopic (exact) mass is 284 g/mol. The molecule has 3 N–H and O–H groups in total. The molecule has 1 atom stereocenters. The Labute approximate surface area is 121 Å². The van der Waals surface area contributed by atoms with Crippen molar-refractivity contribution < 1.29 is 0 Å². The zero-order valence-corrected chi connectivity index (χ0v) is 11.4. The van der Waals surface area contributed by atoms with Gasteiger partial charge in [0, 0.05) is 24.0 Å². The first kappa shape index (κ1) is 13.0. The summed E-state index contributed by atoms with van der Waals surface area (Å²) < 4.78 is 0. The number of benzene rings is 1. The van der Waals surface area contributed by atoms with Crippen LogP contribution < -0.4 is 11.3 Å². The molecule has 0 aliphatic carbocycles. The molecular formula is C15H13ClN4. The number of aromatic nitrogens is 2. The highest BCUT2D eigenvalue weighted by atomic mass is 35.5. The molecule has 1 aromatic carbocycles. The molecular weight excluding hydrogens is 272 g/mol. The lowest BCUT2D eigenvalue weighted by molar-refractivity contribution is 0.625. The molecule has 1 unspecified atom stereocenters. The van der Waals surface area contributed by atoms with Gasteiger partial charge in [0.1, 0.15) is 0 Å². The predicted octanol–water partition coefficient (Wildman–Crippen LogP) is 2.84. The van der Waals surface area contributed by atoms with Gasteiger partial charge in [-0.2, -0.15) is 0 Å². The van der Waals surface area contributed by atoms with Gasteiger partial charge < -0.3 is 0 Å². The third kappa shape index (κ3) is 2.25. The largest absolute Gasteiger partial charge is 0.271 e. The maximum Gasteiger partial charge on any atom is 0.0902 e. The fourth-order valence-electron chi connectivity index (χ4n) is 2.33. The minimum Gasteiger partial charge on any atom is -0.271 e. The maximum atomic E-state index is 6.23. The fraction of sp³-hybridized carbons (Fsp3) is 0.0667. The van der Waals surface area contributed by atoms with E-state index in [2.05, 4.69) is 15.4 Å². The van der Waals surface area contributed by atoms with E-state index in [-0.39, 0.29) is 6.04 Å². The number of fused-ring (bicyclic) bond motifs is 1. The molecule has 0 spiro atoms. The topological polar surface area (TPSA) is 63.8 Å². The number of nitrogens with one attached hydrogen (secondary N) is 1. The molecule has 2 aromatic heterocycles. The third-order valence-electron chi connectivity index (χ3n) is 3.25. The molecule has 2 heterocycles. The molecule has 0 saturated carbocycles. The van der Waals surface area contributed by atoms with Crippen LogP contribution in [0, 0.1) is 0 Å². The van der Waals surface area contributed by atoms with Crippen LogP contribution in [0.3, 0.4) is 0 Å². The Morgan fingerprint density at radius 2 is 2.00 bits per heavy atom. The first-order valence-electron chi connectivity index (χ1n) is 6.20. The Bertz CT molecular complexity index is 739. The second-order valence-electron chi connectivity index (χ2n) is 4.41. The zero-order chi connectivity index (χ0) is 13.9. The summed E-state index contributed by atoms with van der Waals surface area (Å²) in [7, 11) is 0. The lowest BCUT2D eigenvalue weighted by atomic mass is 9.98. The lowest BCUT2D eigenvalue weighted by Gasteiger charge is -2.18. The van der Waals surface area contributed by atoms with Gasteiger partial charge in [-0.1, -0.05) is 29.8 Å². The maximum absolute atomic E-state index is 6.23. The molecule has 3 aromatic rings. The van der Waals surface area contributed by atoms with Crippen molar-refractivity contribution in [2.75, 3.05) is 0 Å². The number of hydrogen-bond donors (Lipinski definition) is 2. The Morgan fingerprint density at radius 3 is 2.80 bits per heavy atom. The minimum atomic E-state index is -0.269. The van der Waals surface area contributed by atoms with E-state index in [4.69, 9.17) is 17.4 Å². The van der Waals surface area contributed by atoms with Gasteiger partial charge in [-0.05, 0) is 29.1 Å². The Morgan fingerprint density at radius 1 is 1.10 bits per heavy atom. The van der Waals surface area contributed by atoms with Crippen LogP contribution in [0.5, 0.6) is 0 Å². The Kier molecular flexibility index (Phi) is 3.60. The van der Waals surface area contributed by atoms with Gasteiger partial charge in [-0.15, -0.1) is 0 Å². The van der Waals surface area contributed by atoms with Crippen molar-refractivity contribution >= 4 is 22.4 Å². The fourth-order valence-corrected chi connectivity index (χ4v) is 2.56. The average Bonchev–Trinajstić information content (AvgIpc) is 2.50. The van der Waals surface area contributed by atoms with E-state index in [1.165, 1.54) is 0 Å². The number of halogens is 1. The van der Waals surface area contributed by atoms with Crippen molar-refractivity contribution in [1.82, 2.24) is 15.4 Å². The number of rotatable bonds is 3. The second-order valence-corrected chi connectivity index (χ2v) is 4.82. The average molecular weight is 285 g/mol. The second kappa shape index (κ2) is 5.54. The Balaban J connectivity index is 2.20. The van der Waals surface area contributed by atoms with Gasteiger partial charge >= 0.3 is 0 Å². The molecule has 3 rings (SSSR count). The summed E-state index contributed by atoms with van der Waals surface area (Å²) in [6, 6.07) is 11.3. The molecule has 0 amide bonds. The zero-order valence-electron chi connectivity index (χ0n) is 10.6. The molecule has 0 saturated heterocycles. The van der Waals surface area contributed by atoms with E-state index < -0.39 is 0 Å². The van der Waals surface area contributed by atoms with E-state index in [9.17, 15) is 0 Å². The lowest BCUT2D eigenvalue weighted by Crippen LogP contribution is -2.29. The summed E-state index contributed by atoms with van der Waals surface area (Å²) in [5, 5.41) is 2.71. The van der Waals surface area contributed by atoms with Crippen LogP contribution in [0.25, 0.3) is 10.8 Å². The van der Waals surface area contributed by atoms with Gasteiger partial charge in [-0.3, -0.25) is 15.8 Å². The van der Waals surface area contributed by atoms with Crippen molar-refractivity contribution in [3.05, 3.63) is 71.3 Å². The highest BCUT2D eigenvalue weighted by molar-refractivity contribution is 6.31. The van der Waals surface area contributed by atoms with Crippen LogP contribution in [-0.2, 0) is 0 Å². The predicted molar refractivity (Wildman–Crippen MR) is 80.2 cm³/mol. The van der Waals surface area contributed by atoms with E-state index in [1.54, 1.807) is 24.5 Å². The van der Waals surface area contributed by atoms with E-state index >= 15 is 0 Å². The number of hydrogen-bond acceptors (Lipinski definition) is 4. The van der Waals surface area contributed by atoms with Crippen molar-refractivity contribution in [2.24, 2.45) is 5.84 Å². The van der Waals surface area contributed by atoms with Crippen molar-refractivity contribution in [3.63, 3.8) is 0 Å². The summed E-state index contributed by atoms with van der Waals surface area (Å²) in [6.45, 7) is 0. The van der Waals surface area contributed by atoms with Crippen molar-refractivity contribution in [2.45, 2.75) is 6.04 Å². The van der Waals surface area contributed by atoms with E-state index in [1.807, 2.05) is 30.5 Å². The molecule has 100 valence electrons. The van der Waals surface area contributed by atoms with Crippen LogP contribution in [0.15, 0.2) is 55.0 Å². The van der Waals surface area contributed by atoms with Gasteiger partial charge in [0.05, 0.1) is 16.8 Å². The molecule has 0 aliphatic rings. The number of hydrazine groups is 1. The summed E-state index contributed by atoms with van der Waals surface area (Å²) in [4.78, 5) is 8.48. The third-order valence-corrected chi connectivity index (χ3v) is 3.57.